The number of nitrogens with two attached hydrogens (primary N) is 2. The third-order valence-electron chi connectivity index (χ3n) is 9.57. The molecule has 0 fully saturated rings. The van der Waals surface area contributed by atoms with Gasteiger partial charge in [0, 0.05) is 55.5 Å². The molecule has 17 nitrogen and oxygen atoms in total. The zero-order chi connectivity index (χ0) is 47.8. The number of primary amides is 1. The van der Waals surface area contributed by atoms with Crippen molar-refractivity contribution in [1.82, 2.24) is 5.32 Å². The number of carboxylic acids is 2. The summed E-state index contributed by atoms with van der Waals surface area (Å²) in [7, 11) is 0. The Morgan fingerprint density at radius 1 is 0.769 bits per heavy atom. The van der Waals surface area contributed by atoms with E-state index in [9.17, 15) is 52.4 Å². The van der Waals surface area contributed by atoms with Crippen LogP contribution in [0.4, 0.5) is 35.0 Å². The largest absolute Gasteiger partial charge is 0.490 e. The molecule has 0 saturated carbocycles. The Morgan fingerprint density at radius 3 is 1.86 bits per heavy atom. The summed E-state index contributed by atoms with van der Waals surface area (Å²) in [5.41, 5.74) is 17.2. The maximum absolute atomic E-state index is 12.2. The topological polar surface area (TPSA) is 266 Å². The van der Waals surface area contributed by atoms with E-state index in [1.807, 2.05) is 42.5 Å². The predicted octanol–water partition coefficient (Wildman–Crippen LogP) is 6.32. The van der Waals surface area contributed by atoms with Crippen LogP contribution in [-0.4, -0.2) is 70.2 Å². The number of fused-ring (bicyclic) bond motifs is 2. The fourth-order valence-electron chi connectivity index (χ4n) is 6.31. The SMILES string of the molecule is CC(=O)N1CCc2ccc(C(N)=O)cc21.NCc1cccc(C(=O)N[C@@H](C(=O)O)c2ccccc2)c1.O=C(O)C(F)(F)F.O=C(OCc1ccccc1)N1CCc2ccc([N+](=O)[O-])cc21. The number of nitro benzene ring substituents is 1. The van der Waals surface area contributed by atoms with Gasteiger partial charge in [-0.1, -0.05) is 84.9 Å². The number of hydrogen-bond donors (Lipinski definition) is 5. The highest BCUT2D eigenvalue weighted by atomic mass is 19.4. The molecule has 5 aromatic carbocycles. The smallest absolute Gasteiger partial charge is 0.479 e. The van der Waals surface area contributed by atoms with Gasteiger partial charge in [-0.05, 0) is 64.9 Å². The van der Waals surface area contributed by atoms with E-state index in [1.54, 1.807) is 71.6 Å². The van der Waals surface area contributed by atoms with Crippen molar-refractivity contribution < 1.29 is 61.8 Å². The van der Waals surface area contributed by atoms with Gasteiger partial charge < -0.3 is 36.6 Å². The average molecular weight is 901 g/mol. The number of aliphatic carboxylic acids is 2. The number of hydrogen-bond acceptors (Lipinski definition) is 10. The lowest BCUT2D eigenvalue weighted by atomic mass is 10.1. The summed E-state index contributed by atoms with van der Waals surface area (Å²) in [5, 5.41) is 29.8. The number of non-ortho nitro benzene ring substituents is 1. The van der Waals surface area contributed by atoms with Crippen molar-refractivity contribution in [2.75, 3.05) is 22.9 Å². The summed E-state index contributed by atoms with van der Waals surface area (Å²) in [6.45, 7) is 3.19. The molecule has 0 spiro atoms. The first-order chi connectivity index (χ1) is 30.8. The number of alkyl halides is 3. The van der Waals surface area contributed by atoms with Crippen molar-refractivity contribution in [2.24, 2.45) is 11.5 Å². The maximum atomic E-state index is 12.2. The molecule has 7 N–H and O–H groups in total. The number of benzene rings is 5. The number of carboxylic acid groups (broad SMARTS) is 2. The Morgan fingerprint density at radius 2 is 1.32 bits per heavy atom. The standard InChI is InChI=1S/C16H14N2O4.C16H16N2O3.C11H12N2O2.C2HF3O2/c19-16(22-11-12-4-2-1-3-5-12)17-9-8-13-6-7-14(18(20)21)10-15(13)17;17-10-11-5-4-8-13(9-11)15(19)18-14(16(20)21)12-6-2-1-3-7-12;1-7(14)13-5-4-8-2-3-9(11(12)15)6-10(8)13;3-2(4,5)1(6)7/h1-7,10H,8-9,11H2;1-9,14H,10,17H2,(H,18,19)(H,20,21);2-3,6H,4-5H2,1H3,(H2,12,15);(H,6,7)/t;14-;;/m.1../s1. The molecule has 2 heterocycles. The quantitative estimate of drug-likeness (QED) is 0.0804. The van der Waals surface area contributed by atoms with E-state index in [2.05, 4.69) is 5.32 Å². The van der Waals surface area contributed by atoms with Crippen molar-refractivity contribution in [3.63, 3.8) is 0 Å². The molecule has 0 aromatic heterocycles. The lowest BCUT2D eigenvalue weighted by molar-refractivity contribution is -0.384. The minimum absolute atomic E-state index is 0.00429. The number of carbonyl (C=O) groups excluding carboxylic acids is 4. The van der Waals surface area contributed by atoms with Crippen LogP contribution in [-0.2, 0) is 45.1 Å². The van der Waals surface area contributed by atoms with Crippen LogP contribution in [0.15, 0.2) is 121 Å². The van der Waals surface area contributed by atoms with Crippen LogP contribution < -0.4 is 26.6 Å². The number of halogens is 3. The molecule has 0 unspecified atom stereocenters. The van der Waals surface area contributed by atoms with E-state index in [1.165, 1.54) is 24.0 Å². The first-order valence-electron chi connectivity index (χ1n) is 19.4. The van der Waals surface area contributed by atoms with Crippen molar-refractivity contribution in [3.05, 3.63) is 170 Å². The number of ether oxygens (including phenoxy) is 1. The van der Waals surface area contributed by atoms with E-state index >= 15 is 0 Å². The van der Waals surface area contributed by atoms with E-state index in [4.69, 9.17) is 26.1 Å². The molecule has 2 aliphatic heterocycles. The third kappa shape index (κ3) is 14.2. The molecule has 20 heteroatoms. The predicted molar refractivity (Wildman–Crippen MR) is 230 cm³/mol. The van der Waals surface area contributed by atoms with Crippen molar-refractivity contribution >= 4 is 52.8 Å². The molecular formula is C45H43F3N6O11. The molecule has 65 heavy (non-hydrogen) atoms. The van der Waals surface area contributed by atoms with E-state index in [-0.39, 0.29) is 18.2 Å². The molecule has 0 radical (unpaired) electrons. The van der Waals surface area contributed by atoms with Gasteiger partial charge in [-0.3, -0.25) is 29.4 Å². The van der Waals surface area contributed by atoms with Crippen LogP contribution in [0.25, 0.3) is 0 Å². The number of anilines is 2. The third-order valence-corrected chi connectivity index (χ3v) is 9.57. The molecule has 2 aliphatic rings. The van der Waals surface area contributed by atoms with Gasteiger partial charge in [-0.2, -0.15) is 13.2 Å². The first-order valence-corrected chi connectivity index (χ1v) is 19.4. The Balaban J connectivity index is 0.000000201. The molecule has 0 bridgehead atoms. The fourth-order valence-corrected chi connectivity index (χ4v) is 6.31. The summed E-state index contributed by atoms with van der Waals surface area (Å²) in [4.78, 5) is 80.4. The second-order valence-electron chi connectivity index (χ2n) is 14.0. The number of nitro groups is 1. The zero-order valence-electron chi connectivity index (χ0n) is 34.6. The van der Waals surface area contributed by atoms with Gasteiger partial charge in [-0.25, -0.2) is 14.4 Å². The zero-order valence-corrected chi connectivity index (χ0v) is 34.6. The van der Waals surface area contributed by atoms with Crippen LogP contribution in [0.2, 0.25) is 0 Å². The second kappa shape index (κ2) is 22.8. The van der Waals surface area contributed by atoms with Crippen LogP contribution >= 0.6 is 0 Å². The summed E-state index contributed by atoms with van der Waals surface area (Å²) in [6.07, 6.45) is -4.05. The number of nitrogens with one attached hydrogen (secondary N) is 1. The minimum atomic E-state index is -5.08. The van der Waals surface area contributed by atoms with Crippen LogP contribution in [0, 0.1) is 10.1 Å². The highest BCUT2D eigenvalue weighted by Gasteiger charge is 2.38. The lowest BCUT2D eigenvalue weighted by Crippen LogP contribution is -2.33. The summed E-state index contributed by atoms with van der Waals surface area (Å²) in [5.74, 6) is -4.78. The molecule has 1 atom stereocenters. The molecule has 0 aliphatic carbocycles. The monoisotopic (exact) mass is 900 g/mol. The van der Waals surface area contributed by atoms with Crippen LogP contribution in [0.3, 0.4) is 0 Å². The second-order valence-corrected chi connectivity index (χ2v) is 14.0. The van der Waals surface area contributed by atoms with Gasteiger partial charge in [-0.15, -0.1) is 0 Å². The van der Waals surface area contributed by atoms with Crippen LogP contribution in [0.1, 0.15) is 61.5 Å². The van der Waals surface area contributed by atoms with Gasteiger partial charge in [0.15, 0.2) is 6.04 Å². The normalized spacial score (nSPS) is 12.5. The van der Waals surface area contributed by atoms with Gasteiger partial charge in [0.1, 0.15) is 6.61 Å². The average Bonchev–Trinajstić information content (AvgIpc) is 3.93. The number of rotatable bonds is 9. The molecule has 4 amide bonds. The molecule has 7 rings (SSSR count). The van der Waals surface area contributed by atoms with Crippen LogP contribution in [0.5, 0.6) is 0 Å². The summed E-state index contributed by atoms with van der Waals surface area (Å²) >= 11 is 0. The van der Waals surface area contributed by atoms with Crippen molar-refractivity contribution in [1.29, 1.82) is 0 Å². The van der Waals surface area contributed by atoms with Gasteiger partial charge in [0.05, 0.1) is 10.6 Å². The highest BCUT2D eigenvalue weighted by Crippen LogP contribution is 2.32. The number of amides is 4. The highest BCUT2D eigenvalue weighted by molar-refractivity contribution is 5.99. The van der Waals surface area contributed by atoms with Gasteiger partial charge in [0.2, 0.25) is 11.8 Å². The molecular weight excluding hydrogens is 858 g/mol. The van der Waals surface area contributed by atoms with Gasteiger partial charge in [0.25, 0.3) is 11.6 Å². The number of nitrogens with zero attached hydrogens (tertiary/aromatic N) is 3. The van der Waals surface area contributed by atoms with E-state index in [0.29, 0.717) is 48.4 Å². The maximum Gasteiger partial charge on any atom is 0.490 e. The van der Waals surface area contributed by atoms with Gasteiger partial charge >= 0.3 is 24.2 Å². The Hall–Kier alpha value is -8.13. The van der Waals surface area contributed by atoms with Crippen molar-refractivity contribution in [2.45, 2.75) is 45.1 Å². The summed E-state index contributed by atoms with van der Waals surface area (Å²) in [6, 6.07) is 33.5. The van der Waals surface area contributed by atoms with E-state index in [0.717, 1.165) is 34.4 Å². The number of carbonyl (C=O) groups is 6. The molecule has 5 aromatic rings. The fraction of sp³-hybridized carbons (Fsp3) is 0.200. The van der Waals surface area contributed by atoms with Crippen molar-refractivity contribution in [3.8, 4) is 0 Å². The Labute approximate surface area is 369 Å². The first kappa shape index (κ1) is 49.5. The molecule has 340 valence electrons. The molecule has 0 saturated heterocycles. The van der Waals surface area contributed by atoms with E-state index < -0.39 is 47.0 Å². The minimum Gasteiger partial charge on any atom is -0.479 e. The summed E-state index contributed by atoms with van der Waals surface area (Å²) < 4.78 is 37.0. The Kier molecular flexibility index (Phi) is 17.4. The Bertz CT molecular complexity index is 2530. The lowest BCUT2D eigenvalue weighted by Gasteiger charge is -2.17.